The maximum absolute atomic E-state index is 15.5. The lowest BCUT2D eigenvalue weighted by Crippen LogP contribution is -2.41. The van der Waals surface area contributed by atoms with Crippen molar-refractivity contribution >= 4 is 16.9 Å². The molecule has 2 unspecified atom stereocenters. The van der Waals surface area contributed by atoms with Crippen LogP contribution in [0.3, 0.4) is 0 Å². The number of rotatable bonds is 12. The van der Waals surface area contributed by atoms with Crippen molar-refractivity contribution in [1.82, 2.24) is 9.88 Å². The van der Waals surface area contributed by atoms with Crippen molar-refractivity contribution in [3.63, 3.8) is 0 Å². The van der Waals surface area contributed by atoms with Gasteiger partial charge in [-0.05, 0) is 111 Å². The van der Waals surface area contributed by atoms with Gasteiger partial charge in [0, 0.05) is 24.5 Å². The van der Waals surface area contributed by atoms with E-state index in [-0.39, 0.29) is 18.2 Å². The van der Waals surface area contributed by atoms with Gasteiger partial charge in [0.05, 0.1) is 12.6 Å². The molecule has 0 saturated carbocycles. The lowest BCUT2D eigenvalue weighted by Gasteiger charge is -2.39. The van der Waals surface area contributed by atoms with Crippen LogP contribution in [0.1, 0.15) is 55.8 Å². The van der Waals surface area contributed by atoms with E-state index in [0.29, 0.717) is 30.1 Å². The summed E-state index contributed by atoms with van der Waals surface area (Å²) in [7, 11) is 1.59. The lowest BCUT2D eigenvalue weighted by molar-refractivity contribution is -0.137. The van der Waals surface area contributed by atoms with Gasteiger partial charge in [0.25, 0.3) is 0 Å². The van der Waals surface area contributed by atoms with Crippen molar-refractivity contribution in [2.75, 3.05) is 26.7 Å². The average molecular weight is 511 g/mol. The fraction of sp³-hybridized carbons (Fsp3) is 0.467. The van der Waals surface area contributed by atoms with Crippen molar-refractivity contribution in [1.29, 1.82) is 0 Å². The number of carbonyl (C=O) groups is 1. The van der Waals surface area contributed by atoms with Gasteiger partial charge in [0.2, 0.25) is 0 Å². The van der Waals surface area contributed by atoms with E-state index in [4.69, 9.17) is 4.74 Å². The van der Waals surface area contributed by atoms with E-state index in [1.807, 2.05) is 24.3 Å². The van der Waals surface area contributed by atoms with Gasteiger partial charge in [-0.25, -0.2) is 8.78 Å². The van der Waals surface area contributed by atoms with Gasteiger partial charge >= 0.3 is 5.97 Å². The molecular formula is C30H36F2N2O3. The van der Waals surface area contributed by atoms with Crippen LogP contribution in [0.4, 0.5) is 8.78 Å². The predicted molar refractivity (Wildman–Crippen MR) is 141 cm³/mol. The second-order valence-electron chi connectivity index (χ2n) is 10.1. The average Bonchev–Trinajstić information content (AvgIpc) is 2.90. The normalized spacial score (nSPS) is 19.1. The molecule has 2 aromatic carbocycles. The molecule has 1 aliphatic heterocycles. The predicted octanol–water partition coefficient (Wildman–Crippen LogP) is 6.61. The maximum atomic E-state index is 15.5. The van der Waals surface area contributed by atoms with Crippen LogP contribution in [-0.2, 0) is 11.2 Å². The number of carboxylic acid groups (broad SMARTS) is 1. The number of alkyl halides is 1. The van der Waals surface area contributed by atoms with Gasteiger partial charge in [-0.3, -0.25) is 9.78 Å². The molecule has 4 rings (SSSR count). The Morgan fingerprint density at radius 2 is 2.05 bits per heavy atom. The van der Waals surface area contributed by atoms with Crippen LogP contribution in [0.25, 0.3) is 10.9 Å². The van der Waals surface area contributed by atoms with Crippen molar-refractivity contribution in [2.24, 2.45) is 11.8 Å². The van der Waals surface area contributed by atoms with Gasteiger partial charge in [-0.1, -0.05) is 12.1 Å². The highest BCUT2D eigenvalue weighted by atomic mass is 19.1. The number of aromatic nitrogens is 1. The molecule has 1 aromatic heterocycles. The molecule has 7 heteroatoms. The highest BCUT2D eigenvalue weighted by Crippen LogP contribution is 2.36. The topological polar surface area (TPSA) is 62.7 Å². The van der Waals surface area contributed by atoms with E-state index in [1.54, 1.807) is 31.5 Å². The molecule has 37 heavy (non-hydrogen) atoms. The smallest absolute Gasteiger partial charge is 0.303 e. The first-order valence-electron chi connectivity index (χ1n) is 13.2. The Balaban J connectivity index is 1.35. The van der Waals surface area contributed by atoms with E-state index < -0.39 is 12.1 Å². The zero-order valence-corrected chi connectivity index (χ0v) is 21.4. The standard InChI is InChI=1S/C30H36F2N2O3/c1-37-25-9-11-29-27(19-25)26(13-15-33-29)28(32)10-7-22-14-17-34(20-23(22)8-12-30(35)36)16-3-5-21-4-2-6-24(31)18-21/h2,4,6,9,11,13,15,18-19,22-23,28H,3,5,7-8,10,12,14,16-17,20H2,1H3,(H,35,36)/t22?,23?,28-/m0/s1. The van der Waals surface area contributed by atoms with Gasteiger partial charge in [-0.15, -0.1) is 0 Å². The van der Waals surface area contributed by atoms with Gasteiger partial charge in [-0.2, -0.15) is 0 Å². The van der Waals surface area contributed by atoms with Gasteiger partial charge in [0.1, 0.15) is 17.7 Å². The van der Waals surface area contributed by atoms with Crippen molar-refractivity contribution < 1.29 is 23.4 Å². The maximum Gasteiger partial charge on any atom is 0.303 e. The quantitative estimate of drug-likeness (QED) is 0.297. The van der Waals surface area contributed by atoms with E-state index >= 15 is 4.39 Å². The van der Waals surface area contributed by atoms with Crippen LogP contribution >= 0.6 is 0 Å². The number of aryl methyl sites for hydroxylation is 1. The second-order valence-corrected chi connectivity index (χ2v) is 10.1. The summed E-state index contributed by atoms with van der Waals surface area (Å²) in [4.78, 5) is 18.0. The number of pyridine rings is 1. The second kappa shape index (κ2) is 13.0. The lowest BCUT2D eigenvalue weighted by atomic mass is 9.79. The Hall–Kier alpha value is -3.06. The first kappa shape index (κ1) is 27.0. The Bertz CT molecular complexity index is 1190. The van der Waals surface area contributed by atoms with Crippen LogP contribution in [0.5, 0.6) is 5.75 Å². The van der Waals surface area contributed by atoms with E-state index in [1.165, 1.54) is 6.07 Å². The third-order valence-electron chi connectivity index (χ3n) is 7.64. The minimum atomic E-state index is -1.12. The molecule has 5 nitrogen and oxygen atoms in total. The molecule has 3 aromatic rings. The van der Waals surface area contributed by atoms with Crippen LogP contribution in [-0.4, -0.2) is 47.7 Å². The highest BCUT2D eigenvalue weighted by Gasteiger charge is 2.30. The number of hydrogen-bond donors (Lipinski definition) is 1. The summed E-state index contributed by atoms with van der Waals surface area (Å²) in [5.41, 5.74) is 2.36. The summed E-state index contributed by atoms with van der Waals surface area (Å²) in [5.74, 6) is 0.187. The Morgan fingerprint density at radius 1 is 1.19 bits per heavy atom. The number of nitrogens with zero attached hydrogens (tertiary/aromatic N) is 2. The number of halogens is 2. The number of piperidine rings is 1. The van der Waals surface area contributed by atoms with E-state index in [0.717, 1.165) is 61.8 Å². The largest absolute Gasteiger partial charge is 0.497 e. The van der Waals surface area contributed by atoms with E-state index in [9.17, 15) is 14.3 Å². The van der Waals surface area contributed by atoms with Crippen molar-refractivity contribution in [2.45, 2.75) is 51.1 Å². The molecule has 198 valence electrons. The number of fused-ring (bicyclic) bond motifs is 1. The fourth-order valence-corrected chi connectivity index (χ4v) is 5.64. The first-order valence-corrected chi connectivity index (χ1v) is 13.2. The number of likely N-dealkylation sites (tertiary alicyclic amines) is 1. The monoisotopic (exact) mass is 510 g/mol. The summed E-state index contributed by atoms with van der Waals surface area (Å²) < 4.78 is 34.3. The molecular weight excluding hydrogens is 474 g/mol. The molecule has 3 atom stereocenters. The van der Waals surface area contributed by atoms with Crippen LogP contribution in [0.15, 0.2) is 54.7 Å². The number of aliphatic carboxylic acids is 1. The Kier molecular flexibility index (Phi) is 9.45. The molecule has 1 saturated heterocycles. The SMILES string of the molecule is COc1ccc2nccc([C@@H](F)CCC3CCN(CCCc4cccc(F)c4)CC3CCC(=O)O)c2c1. The number of methoxy groups -OCH3 is 1. The summed E-state index contributed by atoms with van der Waals surface area (Å²) in [5, 5.41) is 10.0. The molecule has 0 aliphatic carbocycles. The molecule has 0 radical (unpaired) electrons. The first-order chi connectivity index (χ1) is 17.9. The van der Waals surface area contributed by atoms with Crippen LogP contribution in [0.2, 0.25) is 0 Å². The molecule has 1 fully saturated rings. The number of hydrogen-bond acceptors (Lipinski definition) is 4. The summed E-state index contributed by atoms with van der Waals surface area (Å²) in [6, 6.07) is 14.0. The Labute approximate surface area is 217 Å². The summed E-state index contributed by atoms with van der Waals surface area (Å²) in [6.45, 7) is 2.64. The van der Waals surface area contributed by atoms with Crippen LogP contribution < -0.4 is 4.74 Å². The summed E-state index contributed by atoms with van der Waals surface area (Å²) in [6.07, 6.45) is 5.04. The molecule has 1 N–H and O–H groups in total. The minimum Gasteiger partial charge on any atom is -0.497 e. The molecule has 0 spiro atoms. The van der Waals surface area contributed by atoms with Crippen LogP contribution in [0, 0.1) is 17.7 Å². The third-order valence-corrected chi connectivity index (χ3v) is 7.64. The minimum absolute atomic E-state index is 0.131. The molecule has 1 aliphatic rings. The number of benzene rings is 2. The van der Waals surface area contributed by atoms with Gasteiger partial charge in [0.15, 0.2) is 0 Å². The third kappa shape index (κ3) is 7.48. The zero-order chi connectivity index (χ0) is 26.2. The van der Waals surface area contributed by atoms with E-state index in [2.05, 4.69) is 9.88 Å². The van der Waals surface area contributed by atoms with Crippen molar-refractivity contribution in [3.8, 4) is 5.75 Å². The number of carboxylic acids is 1. The fourth-order valence-electron chi connectivity index (χ4n) is 5.64. The Morgan fingerprint density at radius 3 is 2.84 bits per heavy atom. The van der Waals surface area contributed by atoms with Crippen molar-refractivity contribution in [3.05, 3.63) is 71.7 Å². The molecule has 0 bridgehead atoms. The zero-order valence-electron chi connectivity index (χ0n) is 21.4. The number of ether oxygens (including phenoxy) is 1. The highest BCUT2D eigenvalue weighted by molar-refractivity contribution is 5.83. The molecule has 0 amide bonds. The van der Waals surface area contributed by atoms with Gasteiger partial charge < -0.3 is 14.7 Å². The summed E-state index contributed by atoms with van der Waals surface area (Å²) >= 11 is 0. The molecule has 2 heterocycles.